The molecule has 0 heterocycles. The van der Waals surface area contributed by atoms with Gasteiger partial charge in [0.2, 0.25) is 0 Å². The van der Waals surface area contributed by atoms with E-state index in [1.807, 2.05) is 48.6 Å². The van der Waals surface area contributed by atoms with Crippen molar-refractivity contribution in [3.8, 4) is 0 Å². The number of rotatable bonds is 39. The number of allylic oxidation sites excluding steroid dienone is 10. The molecule has 310 valence electrons. The highest BCUT2D eigenvalue weighted by Crippen LogP contribution is 2.14. The summed E-state index contributed by atoms with van der Waals surface area (Å²) < 4.78 is 16.6. The Morgan fingerprint density at radius 1 is 0.389 bits per heavy atom. The fourth-order valence-electron chi connectivity index (χ4n) is 6.05. The molecule has 54 heavy (non-hydrogen) atoms. The number of unbranched alkanes of at least 4 members (excludes halogenated alkanes) is 22. The fourth-order valence-corrected chi connectivity index (χ4v) is 6.05. The SMILES string of the molecule is CC\C=C/C=C\C=C/C=C\C=C/CCCCCC(=O)OCC(COC(=O)CCCCCCCCCCC)OC(=O)CCCCCCCCCCCCCC. The largest absolute Gasteiger partial charge is 0.462 e. The maximum Gasteiger partial charge on any atom is 0.306 e. The van der Waals surface area contributed by atoms with E-state index in [1.54, 1.807) is 0 Å². The van der Waals surface area contributed by atoms with E-state index in [9.17, 15) is 14.4 Å². The molecule has 0 aliphatic heterocycles. The molecule has 6 heteroatoms. The van der Waals surface area contributed by atoms with Gasteiger partial charge in [-0.15, -0.1) is 0 Å². The lowest BCUT2D eigenvalue weighted by atomic mass is 10.0. The molecule has 0 saturated carbocycles. The molecule has 0 bridgehead atoms. The summed E-state index contributed by atoms with van der Waals surface area (Å²) in [5, 5.41) is 0. The van der Waals surface area contributed by atoms with Crippen LogP contribution in [0.2, 0.25) is 0 Å². The van der Waals surface area contributed by atoms with Gasteiger partial charge in [-0.05, 0) is 38.5 Å². The monoisotopic (exact) mass is 755 g/mol. The van der Waals surface area contributed by atoms with Crippen molar-refractivity contribution < 1.29 is 28.6 Å². The maximum atomic E-state index is 12.7. The Balaban J connectivity index is 4.44. The third-order valence-corrected chi connectivity index (χ3v) is 9.41. The van der Waals surface area contributed by atoms with Gasteiger partial charge < -0.3 is 14.2 Å². The molecule has 0 aromatic heterocycles. The quantitative estimate of drug-likeness (QED) is 0.0269. The number of carbonyl (C=O) groups excluding carboxylic acids is 3. The molecule has 0 aliphatic rings. The average molecular weight is 755 g/mol. The molecule has 1 unspecified atom stereocenters. The van der Waals surface area contributed by atoms with Gasteiger partial charge in [-0.3, -0.25) is 14.4 Å². The summed E-state index contributed by atoms with van der Waals surface area (Å²) >= 11 is 0. The lowest BCUT2D eigenvalue weighted by Crippen LogP contribution is -2.30. The highest BCUT2D eigenvalue weighted by atomic mass is 16.6. The summed E-state index contributed by atoms with van der Waals surface area (Å²) in [6.07, 6.45) is 50.6. The molecule has 0 rings (SSSR count). The molecule has 0 radical (unpaired) electrons. The Labute approximate surface area is 332 Å². The van der Waals surface area contributed by atoms with Crippen molar-refractivity contribution in [2.24, 2.45) is 0 Å². The van der Waals surface area contributed by atoms with Crippen molar-refractivity contribution in [2.75, 3.05) is 13.2 Å². The van der Waals surface area contributed by atoms with Gasteiger partial charge in [-0.2, -0.15) is 0 Å². The highest BCUT2D eigenvalue weighted by molar-refractivity contribution is 5.71. The van der Waals surface area contributed by atoms with Crippen LogP contribution >= 0.6 is 0 Å². The number of hydrogen-bond acceptors (Lipinski definition) is 6. The van der Waals surface area contributed by atoms with Crippen LogP contribution in [0, 0.1) is 0 Å². The first-order valence-electron chi connectivity index (χ1n) is 22.4. The predicted molar refractivity (Wildman–Crippen MR) is 228 cm³/mol. The van der Waals surface area contributed by atoms with Gasteiger partial charge in [0, 0.05) is 19.3 Å². The summed E-state index contributed by atoms with van der Waals surface area (Å²) in [4.78, 5) is 37.6. The lowest BCUT2D eigenvalue weighted by molar-refractivity contribution is -0.167. The smallest absolute Gasteiger partial charge is 0.306 e. The van der Waals surface area contributed by atoms with Crippen LogP contribution in [0.4, 0.5) is 0 Å². The summed E-state index contributed by atoms with van der Waals surface area (Å²) in [7, 11) is 0. The summed E-state index contributed by atoms with van der Waals surface area (Å²) in [5.74, 6) is -0.934. The molecular weight excluding hydrogens is 673 g/mol. The molecule has 1 atom stereocenters. The van der Waals surface area contributed by atoms with Crippen molar-refractivity contribution in [1.82, 2.24) is 0 Å². The Morgan fingerprint density at radius 3 is 1.13 bits per heavy atom. The molecule has 0 N–H and O–H groups in total. The minimum absolute atomic E-state index is 0.0860. The average Bonchev–Trinajstić information content (AvgIpc) is 3.17. The van der Waals surface area contributed by atoms with E-state index >= 15 is 0 Å². The maximum absolute atomic E-state index is 12.7. The number of ether oxygens (including phenoxy) is 3. The van der Waals surface area contributed by atoms with Crippen molar-refractivity contribution in [3.63, 3.8) is 0 Å². The fraction of sp³-hybridized carbons (Fsp3) is 0.729. The Hall–Kier alpha value is -2.89. The number of hydrogen-bond donors (Lipinski definition) is 0. The van der Waals surface area contributed by atoms with E-state index in [-0.39, 0.29) is 31.1 Å². The normalized spacial score (nSPS) is 12.6. The predicted octanol–water partition coefficient (Wildman–Crippen LogP) is 14.1. The summed E-state index contributed by atoms with van der Waals surface area (Å²) in [5.41, 5.74) is 0. The van der Waals surface area contributed by atoms with Crippen LogP contribution < -0.4 is 0 Å². The van der Waals surface area contributed by atoms with Crippen LogP contribution in [0.3, 0.4) is 0 Å². The zero-order chi connectivity index (χ0) is 39.4. The van der Waals surface area contributed by atoms with Crippen molar-refractivity contribution in [3.05, 3.63) is 60.8 Å². The molecule has 0 aromatic rings. The number of carbonyl (C=O) groups is 3. The first-order chi connectivity index (χ1) is 26.5. The van der Waals surface area contributed by atoms with Crippen LogP contribution in [0.25, 0.3) is 0 Å². The standard InChI is InChI=1S/C48H82O6/c1-4-7-10-13-16-19-21-23-24-25-27-29-32-35-38-41-47(50)53-44-45(43-52-46(49)40-37-34-31-28-18-15-12-9-6-3)54-48(51)42-39-36-33-30-26-22-20-17-14-11-8-5-2/h7,10,13,16,19,21,23-25,27,45H,4-6,8-9,11-12,14-15,17-18,20,22,26,28-44H2,1-3H3/b10-7-,16-13-,21-19-,24-23-,27-25-. The van der Waals surface area contributed by atoms with E-state index in [4.69, 9.17) is 14.2 Å². The van der Waals surface area contributed by atoms with Crippen LogP contribution in [0.5, 0.6) is 0 Å². The zero-order valence-corrected chi connectivity index (χ0v) is 35.2. The minimum Gasteiger partial charge on any atom is -0.462 e. The van der Waals surface area contributed by atoms with Gasteiger partial charge >= 0.3 is 17.9 Å². The van der Waals surface area contributed by atoms with Crippen LogP contribution in [0.1, 0.15) is 207 Å². The Morgan fingerprint density at radius 2 is 0.722 bits per heavy atom. The van der Waals surface area contributed by atoms with Gasteiger partial charge in [0.15, 0.2) is 6.10 Å². The van der Waals surface area contributed by atoms with Crippen molar-refractivity contribution >= 4 is 17.9 Å². The first kappa shape index (κ1) is 51.1. The molecule has 0 spiro atoms. The van der Waals surface area contributed by atoms with E-state index in [2.05, 4.69) is 32.9 Å². The Bertz CT molecular complexity index is 1010. The van der Waals surface area contributed by atoms with E-state index < -0.39 is 6.10 Å². The third-order valence-electron chi connectivity index (χ3n) is 9.41. The number of esters is 3. The van der Waals surface area contributed by atoms with Crippen LogP contribution in [0.15, 0.2) is 60.8 Å². The summed E-state index contributed by atoms with van der Waals surface area (Å²) in [6.45, 7) is 6.42. The van der Waals surface area contributed by atoms with E-state index in [0.29, 0.717) is 19.3 Å². The zero-order valence-electron chi connectivity index (χ0n) is 35.2. The first-order valence-corrected chi connectivity index (χ1v) is 22.4. The van der Waals surface area contributed by atoms with Crippen LogP contribution in [-0.4, -0.2) is 37.2 Å². The molecule has 0 fully saturated rings. The second-order valence-corrected chi connectivity index (χ2v) is 14.7. The topological polar surface area (TPSA) is 78.9 Å². The van der Waals surface area contributed by atoms with Crippen molar-refractivity contribution in [1.29, 1.82) is 0 Å². The minimum atomic E-state index is -0.784. The molecular formula is C48H82O6. The molecule has 6 nitrogen and oxygen atoms in total. The third kappa shape index (κ3) is 40.3. The highest BCUT2D eigenvalue weighted by Gasteiger charge is 2.19. The van der Waals surface area contributed by atoms with Crippen LogP contribution in [-0.2, 0) is 28.6 Å². The Kier molecular flexibility index (Phi) is 40.6. The lowest BCUT2D eigenvalue weighted by Gasteiger charge is -2.18. The second kappa shape index (κ2) is 42.8. The van der Waals surface area contributed by atoms with Gasteiger partial charge in [0.05, 0.1) is 0 Å². The van der Waals surface area contributed by atoms with Crippen molar-refractivity contribution in [2.45, 2.75) is 213 Å². The van der Waals surface area contributed by atoms with E-state index in [1.165, 1.54) is 96.3 Å². The second-order valence-electron chi connectivity index (χ2n) is 14.7. The van der Waals surface area contributed by atoms with E-state index in [0.717, 1.165) is 70.6 Å². The molecule has 0 aliphatic carbocycles. The van der Waals surface area contributed by atoms with Gasteiger partial charge in [0.1, 0.15) is 13.2 Å². The van der Waals surface area contributed by atoms with Gasteiger partial charge in [-0.1, -0.05) is 210 Å². The molecule has 0 saturated heterocycles. The molecule has 0 amide bonds. The van der Waals surface area contributed by atoms with Gasteiger partial charge in [0.25, 0.3) is 0 Å². The molecule has 0 aromatic carbocycles. The summed E-state index contributed by atoms with van der Waals surface area (Å²) in [6, 6.07) is 0. The van der Waals surface area contributed by atoms with Gasteiger partial charge in [-0.25, -0.2) is 0 Å².